The molecule has 3 rings (SSSR count). The van der Waals surface area contributed by atoms with E-state index < -0.39 is 0 Å². The predicted octanol–water partition coefficient (Wildman–Crippen LogP) is 3.03. The minimum Gasteiger partial charge on any atom is -0.384 e. The fourth-order valence-corrected chi connectivity index (χ4v) is 2.81. The Labute approximate surface area is 135 Å². The first-order valence-corrected chi connectivity index (χ1v) is 7.68. The first kappa shape index (κ1) is 15.3. The number of nitrogen functional groups attached to an aromatic ring is 1. The minimum absolute atomic E-state index is 0.00705. The van der Waals surface area contributed by atoms with Gasteiger partial charge in [0.2, 0.25) is 0 Å². The number of pyridine rings is 1. The zero-order valence-electron chi connectivity index (χ0n) is 14.0. The van der Waals surface area contributed by atoms with E-state index in [1.807, 2.05) is 34.9 Å². The molecule has 1 aromatic carbocycles. The van der Waals surface area contributed by atoms with Gasteiger partial charge in [0.15, 0.2) is 0 Å². The van der Waals surface area contributed by atoms with E-state index in [4.69, 9.17) is 5.73 Å². The van der Waals surface area contributed by atoms with Gasteiger partial charge in [0.05, 0.1) is 16.7 Å². The smallest absolute Gasteiger partial charge is 0.328 e. The van der Waals surface area contributed by atoms with Gasteiger partial charge in [-0.3, -0.25) is 9.13 Å². The molecule has 23 heavy (non-hydrogen) atoms. The lowest BCUT2D eigenvalue weighted by Crippen LogP contribution is -2.27. The molecule has 5 nitrogen and oxygen atoms in total. The van der Waals surface area contributed by atoms with Gasteiger partial charge in [0.25, 0.3) is 0 Å². The summed E-state index contributed by atoms with van der Waals surface area (Å²) in [4.78, 5) is 16.9. The van der Waals surface area contributed by atoms with Crippen molar-refractivity contribution in [3.63, 3.8) is 0 Å². The van der Waals surface area contributed by atoms with E-state index in [9.17, 15) is 4.79 Å². The molecule has 0 saturated heterocycles. The molecule has 0 bridgehead atoms. The zero-order valence-corrected chi connectivity index (χ0v) is 14.0. The summed E-state index contributed by atoms with van der Waals surface area (Å²) >= 11 is 0. The number of aromatic nitrogens is 3. The maximum atomic E-state index is 12.6. The summed E-state index contributed by atoms with van der Waals surface area (Å²) in [5, 5.41) is 0. The van der Waals surface area contributed by atoms with Crippen molar-refractivity contribution < 1.29 is 0 Å². The van der Waals surface area contributed by atoms with Crippen molar-refractivity contribution in [3.8, 4) is 11.3 Å². The van der Waals surface area contributed by atoms with Crippen molar-refractivity contribution in [1.29, 1.82) is 0 Å². The predicted molar refractivity (Wildman–Crippen MR) is 94.3 cm³/mol. The lowest BCUT2D eigenvalue weighted by Gasteiger charge is -2.18. The molecular formula is C18H22N4O. The quantitative estimate of drug-likeness (QED) is 0.791. The molecule has 0 radical (unpaired) electrons. The maximum absolute atomic E-state index is 12.6. The van der Waals surface area contributed by atoms with Crippen molar-refractivity contribution >= 4 is 16.9 Å². The number of aryl methyl sites for hydroxylation is 1. The number of nitrogens with two attached hydrogens (primary N) is 1. The molecular weight excluding hydrogens is 288 g/mol. The third kappa shape index (κ3) is 2.86. The standard InChI is InChI=1S/C18H22N4O/c1-18(2,3)11-22-14-9-8-12(10-15(14)21(4)17(22)23)13-6-5-7-16(19)20-13/h5-10H,11H2,1-4H3,(H2,19,20). The van der Waals surface area contributed by atoms with Crippen LogP contribution in [0.2, 0.25) is 0 Å². The third-order valence-corrected chi connectivity index (χ3v) is 3.84. The zero-order chi connectivity index (χ0) is 16.8. The number of rotatable bonds is 2. The van der Waals surface area contributed by atoms with E-state index in [0.29, 0.717) is 12.4 Å². The monoisotopic (exact) mass is 310 g/mol. The SMILES string of the molecule is Cn1c(=O)n(CC(C)(C)C)c2ccc(-c3cccc(N)n3)cc21. The lowest BCUT2D eigenvalue weighted by molar-refractivity contribution is 0.342. The second kappa shape index (κ2) is 5.26. The van der Waals surface area contributed by atoms with Crippen LogP contribution in [0.1, 0.15) is 20.8 Å². The lowest BCUT2D eigenvalue weighted by atomic mass is 9.97. The Morgan fingerprint density at radius 1 is 1.13 bits per heavy atom. The van der Waals surface area contributed by atoms with Crippen molar-refractivity contribution in [1.82, 2.24) is 14.1 Å². The summed E-state index contributed by atoms with van der Waals surface area (Å²) in [7, 11) is 1.81. The second-order valence-electron chi connectivity index (χ2n) is 7.14. The van der Waals surface area contributed by atoms with Gasteiger partial charge in [0, 0.05) is 19.2 Å². The third-order valence-electron chi connectivity index (χ3n) is 3.84. The highest BCUT2D eigenvalue weighted by atomic mass is 16.1. The highest BCUT2D eigenvalue weighted by Gasteiger charge is 2.18. The van der Waals surface area contributed by atoms with E-state index in [1.54, 1.807) is 17.7 Å². The van der Waals surface area contributed by atoms with Crippen LogP contribution in [-0.4, -0.2) is 14.1 Å². The summed E-state index contributed by atoms with van der Waals surface area (Å²) in [6.07, 6.45) is 0. The summed E-state index contributed by atoms with van der Waals surface area (Å²) in [6, 6.07) is 11.5. The Morgan fingerprint density at radius 3 is 2.52 bits per heavy atom. The van der Waals surface area contributed by atoms with Crippen LogP contribution in [0.15, 0.2) is 41.2 Å². The molecule has 120 valence electrons. The van der Waals surface area contributed by atoms with E-state index >= 15 is 0 Å². The van der Waals surface area contributed by atoms with Crippen LogP contribution < -0.4 is 11.4 Å². The van der Waals surface area contributed by atoms with Gasteiger partial charge >= 0.3 is 5.69 Å². The van der Waals surface area contributed by atoms with Crippen LogP contribution in [0.5, 0.6) is 0 Å². The van der Waals surface area contributed by atoms with Crippen LogP contribution in [0.25, 0.3) is 22.3 Å². The van der Waals surface area contributed by atoms with E-state index in [-0.39, 0.29) is 11.1 Å². The summed E-state index contributed by atoms with van der Waals surface area (Å²) < 4.78 is 3.53. The van der Waals surface area contributed by atoms with Crippen molar-refractivity contribution in [3.05, 3.63) is 46.9 Å². The molecule has 0 fully saturated rings. The van der Waals surface area contributed by atoms with Gasteiger partial charge in [-0.1, -0.05) is 32.9 Å². The van der Waals surface area contributed by atoms with Gasteiger partial charge in [-0.2, -0.15) is 0 Å². The summed E-state index contributed by atoms with van der Waals surface area (Å²) in [5.74, 6) is 0.488. The Hall–Kier alpha value is -2.56. The normalized spacial score (nSPS) is 12.0. The van der Waals surface area contributed by atoms with Gasteiger partial charge in [-0.15, -0.1) is 0 Å². The molecule has 2 aromatic heterocycles. The van der Waals surface area contributed by atoms with Gasteiger partial charge in [-0.05, 0) is 29.7 Å². The Morgan fingerprint density at radius 2 is 1.87 bits per heavy atom. The molecule has 2 heterocycles. The highest BCUT2D eigenvalue weighted by Crippen LogP contribution is 2.25. The van der Waals surface area contributed by atoms with Crippen LogP contribution >= 0.6 is 0 Å². The number of hydrogen-bond donors (Lipinski definition) is 1. The molecule has 2 N–H and O–H groups in total. The first-order valence-electron chi connectivity index (χ1n) is 7.68. The number of imidazole rings is 1. The second-order valence-corrected chi connectivity index (χ2v) is 7.14. The van der Waals surface area contributed by atoms with Crippen LogP contribution in [0.3, 0.4) is 0 Å². The van der Waals surface area contributed by atoms with Crippen molar-refractivity contribution in [2.75, 3.05) is 5.73 Å². The molecule has 0 aliphatic rings. The van der Waals surface area contributed by atoms with E-state index in [1.165, 1.54) is 0 Å². The summed E-state index contributed by atoms with van der Waals surface area (Å²) in [6.45, 7) is 7.06. The fourth-order valence-electron chi connectivity index (χ4n) is 2.81. The number of hydrogen-bond acceptors (Lipinski definition) is 3. The molecule has 0 aliphatic carbocycles. The van der Waals surface area contributed by atoms with Gasteiger partial charge in [-0.25, -0.2) is 9.78 Å². The topological polar surface area (TPSA) is 65.8 Å². The molecule has 0 spiro atoms. The Kier molecular flexibility index (Phi) is 3.51. The maximum Gasteiger partial charge on any atom is 0.328 e. The number of nitrogens with zero attached hydrogens (tertiary/aromatic N) is 3. The molecule has 0 aliphatic heterocycles. The molecule has 0 saturated carbocycles. The number of anilines is 1. The largest absolute Gasteiger partial charge is 0.384 e. The van der Waals surface area contributed by atoms with Gasteiger partial charge < -0.3 is 5.73 Å². The van der Waals surface area contributed by atoms with Crippen LogP contribution in [0, 0.1) is 5.41 Å². The molecule has 0 amide bonds. The minimum atomic E-state index is 0.00705. The average molecular weight is 310 g/mol. The van der Waals surface area contributed by atoms with Crippen LogP contribution in [-0.2, 0) is 13.6 Å². The number of fused-ring (bicyclic) bond motifs is 1. The van der Waals surface area contributed by atoms with Gasteiger partial charge in [0.1, 0.15) is 5.82 Å². The van der Waals surface area contributed by atoms with E-state index in [0.717, 1.165) is 22.3 Å². The fraction of sp³-hybridized carbons (Fsp3) is 0.333. The highest BCUT2D eigenvalue weighted by molar-refractivity contribution is 5.82. The van der Waals surface area contributed by atoms with Crippen LogP contribution in [0.4, 0.5) is 5.82 Å². The molecule has 0 atom stereocenters. The summed E-state index contributed by atoms with van der Waals surface area (Å²) in [5.41, 5.74) is 9.42. The molecule has 3 aromatic rings. The van der Waals surface area contributed by atoms with E-state index in [2.05, 4.69) is 25.8 Å². The Bertz CT molecular complexity index is 928. The number of benzene rings is 1. The molecule has 0 unspecified atom stereocenters. The first-order chi connectivity index (χ1) is 10.8. The van der Waals surface area contributed by atoms with Crippen molar-refractivity contribution in [2.24, 2.45) is 12.5 Å². The van der Waals surface area contributed by atoms with Crippen molar-refractivity contribution in [2.45, 2.75) is 27.3 Å². The average Bonchev–Trinajstić information content (AvgIpc) is 2.71. The Balaban J connectivity index is 2.18. The molecule has 5 heteroatoms.